The maximum absolute atomic E-state index is 11.7. The molecule has 2 N–H and O–H groups in total. The molecule has 0 aliphatic carbocycles. The Balaban J connectivity index is 1.71. The van der Waals surface area contributed by atoms with Crippen molar-refractivity contribution in [2.45, 2.75) is 13.8 Å². The van der Waals surface area contributed by atoms with Crippen molar-refractivity contribution in [3.63, 3.8) is 0 Å². The Morgan fingerprint density at radius 1 is 1.04 bits per heavy atom. The maximum atomic E-state index is 11.7. The topological polar surface area (TPSA) is 76.1 Å². The summed E-state index contributed by atoms with van der Waals surface area (Å²) in [6.07, 6.45) is 1.68. The fourth-order valence-corrected chi connectivity index (χ4v) is 2.37. The summed E-state index contributed by atoms with van der Waals surface area (Å²) in [4.78, 5) is 20.4. The highest BCUT2D eigenvalue weighted by molar-refractivity contribution is 5.89. The molecule has 3 rings (SSSR count). The summed E-state index contributed by atoms with van der Waals surface area (Å²) in [5, 5.41) is 6.41. The van der Waals surface area contributed by atoms with E-state index in [1.165, 1.54) is 0 Å². The van der Waals surface area contributed by atoms with Gasteiger partial charge in [0.1, 0.15) is 5.82 Å². The Bertz CT molecular complexity index is 894. The first kappa shape index (κ1) is 17.4. The Hall–Kier alpha value is -3.41. The van der Waals surface area contributed by atoms with E-state index in [-0.39, 0.29) is 5.97 Å². The zero-order valence-electron chi connectivity index (χ0n) is 14.7. The number of esters is 1. The van der Waals surface area contributed by atoms with E-state index in [0.717, 1.165) is 16.9 Å². The van der Waals surface area contributed by atoms with Crippen LogP contribution in [0.4, 0.5) is 23.1 Å². The number of benzene rings is 2. The molecule has 6 heteroatoms. The lowest BCUT2D eigenvalue weighted by Crippen LogP contribution is -2.05. The third kappa shape index (κ3) is 4.36. The van der Waals surface area contributed by atoms with Crippen molar-refractivity contribution in [3.8, 4) is 0 Å². The molecule has 6 nitrogen and oxygen atoms in total. The minimum absolute atomic E-state index is 0.334. The minimum Gasteiger partial charge on any atom is -0.462 e. The molecule has 26 heavy (non-hydrogen) atoms. The van der Waals surface area contributed by atoms with Crippen molar-refractivity contribution in [2.24, 2.45) is 0 Å². The van der Waals surface area contributed by atoms with Crippen LogP contribution in [0.3, 0.4) is 0 Å². The van der Waals surface area contributed by atoms with Gasteiger partial charge in [-0.1, -0.05) is 18.2 Å². The van der Waals surface area contributed by atoms with Gasteiger partial charge < -0.3 is 15.4 Å². The van der Waals surface area contributed by atoms with Crippen molar-refractivity contribution in [1.82, 2.24) is 9.97 Å². The van der Waals surface area contributed by atoms with Gasteiger partial charge in [0, 0.05) is 17.6 Å². The fourth-order valence-electron chi connectivity index (χ4n) is 2.37. The Morgan fingerprint density at radius 3 is 2.54 bits per heavy atom. The number of ether oxygens (including phenoxy) is 1. The van der Waals surface area contributed by atoms with Crippen molar-refractivity contribution >= 4 is 29.1 Å². The third-order valence-electron chi connectivity index (χ3n) is 3.72. The molecule has 0 saturated heterocycles. The van der Waals surface area contributed by atoms with E-state index >= 15 is 0 Å². The Kier molecular flexibility index (Phi) is 5.43. The van der Waals surface area contributed by atoms with Gasteiger partial charge in [0.05, 0.1) is 12.2 Å². The SMILES string of the molecule is CCOC(=O)c1ccc(Nc2nccc(Nc3ccccc3C)n2)cc1. The molecular weight excluding hydrogens is 328 g/mol. The van der Waals surface area contributed by atoms with Crippen molar-refractivity contribution < 1.29 is 9.53 Å². The van der Waals surface area contributed by atoms with E-state index in [9.17, 15) is 4.79 Å². The highest BCUT2D eigenvalue weighted by atomic mass is 16.5. The molecule has 0 aliphatic rings. The lowest BCUT2D eigenvalue weighted by atomic mass is 10.2. The average Bonchev–Trinajstić information content (AvgIpc) is 2.65. The first-order valence-electron chi connectivity index (χ1n) is 8.35. The quantitative estimate of drug-likeness (QED) is 0.641. The first-order chi connectivity index (χ1) is 12.7. The number of carbonyl (C=O) groups excluding carboxylic acids is 1. The molecule has 0 atom stereocenters. The number of nitrogens with zero attached hydrogens (tertiary/aromatic N) is 2. The van der Waals surface area contributed by atoms with Crippen LogP contribution >= 0.6 is 0 Å². The predicted octanol–water partition coefficient (Wildman–Crippen LogP) is 4.45. The van der Waals surface area contributed by atoms with E-state index in [2.05, 4.69) is 20.6 Å². The number of carbonyl (C=O) groups is 1. The van der Waals surface area contributed by atoms with Crippen LogP contribution in [0.1, 0.15) is 22.8 Å². The van der Waals surface area contributed by atoms with E-state index in [4.69, 9.17) is 4.74 Å². The number of hydrogen-bond acceptors (Lipinski definition) is 6. The van der Waals surface area contributed by atoms with Crippen LogP contribution in [-0.2, 0) is 4.74 Å². The monoisotopic (exact) mass is 348 g/mol. The third-order valence-corrected chi connectivity index (χ3v) is 3.72. The fraction of sp³-hybridized carbons (Fsp3) is 0.150. The normalized spacial score (nSPS) is 10.2. The molecule has 1 aromatic heterocycles. The molecule has 0 unspecified atom stereocenters. The molecule has 0 spiro atoms. The molecule has 132 valence electrons. The summed E-state index contributed by atoms with van der Waals surface area (Å²) in [7, 11) is 0. The number of anilines is 4. The molecule has 0 amide bonds. The van der Waals surface area contributed by atoms with Crippen molar-refractivity contribution in [3.05, 3.63) is 71.9 Å². The lowest BCUT2D eigenvalue weighted by molar-refractivity contribution is 0.0526. The Morgan fingerprint density at radius 2 is 1.81 bits per heavy atom. The number of hydrogen-bond donors (Lipinski definition) is 2. The number of aryl methyl sites for hydroxylation is 1. The summed E-state index contributed by atoms with van der Waals surface area (Å²) < 4.78 is 4.98. The Labute approximate surface area is 152 Å². The highest BCUT2D eigenvalue weighted by Gasteiger charge is 2.07. The molecule has 1 heterocycles. The van der Waals surface area contributed by atoms with Crippen LogP contribution in [0.5, 0.6) is 0 Å². The van der Waals surface area contributed by atoms with E-state index in [1.807, 2.05) is 37.3 Å². The van der Waals surface area contributed by atoms with E-state index in [1.54, 1.807) is 37.4 Å². The lowest BCUT2D eigenvalue weighted by Gasteiger charge is -2.10. The van der Waals surface area contributed by atoms with Gasteiger partial charge >= 0.3 is 5.97 Å². The zero-order valence-corrected chi connectivity index (χ0v) is 14.7. The number of nitrogens with one attached hydrogen (secondary N) is 2. The van der Waals surface area contributed by atoms with Gasteiger partial charge in [0.25, 0.3) is 0 Å². The molecule has 0 bridgehead atoms. The van der Waals surface area contributed by atoms with Gasteiger partial charge in [0.15, 0.2) is 0 Å². The second kappa shape index (κ2) is 8.11. The smallest absolute Gasteiger partial charge is 0.338 e. The van der Waals surface area contributed by atoms with Crippen LogP contribution in [-0.4, -0.2) is 22.5 Å². The number of para-hydroxylation sites is 1. The largest absolute Gasteiger partial charge is 0.462 e. The number of aromatic nitrogens is 2. The molecule has 0 saturated carbocycles. The summed E-state index contributed by atoms with van der Waals surface area (Å²) >= 11 is 0. The van der Waals surface area contributed by atoms with Gasteiger partial charge in [-0.25, -0.2) is 9.78 Å². The molecule has 3 aromatic rings. The van der Waals surface area contributed by atoms with Gasteiger partial charge in [-0.2, -0.15) is 4.98 Å². The molecular formula is C20H20N4O2. The zero-order chi connectivity index (χ0) is 18.4. The van der Waals surface area contributed by atoms with Crippen LogP contribution in [0.15, 0.2) is 60.8 Å². The first-order valence-corrected chi connectivity index (χ1v) is 8.35. The molecule has 2 aromatic carbocycles. The summed E-state index contributed by atoms with van der Waals surface area (Å²) in [5.74, 6) is 0.826. The standard InChI is InChI=1S/C20H20N4O2/c1-3-26-19(25)15-8-10-16(11-9-15)22-20-21-13-12-18(24-20)23-17-7-5-4-6-14(17)2/h4-13H,3H2,1-2H3,(H2,21,22,23,24). The summed E-state index contributed by atoms with van der Waals surface area (Å²) in [6, 6.07) is 16.8. The van der Waals surface area contributed by atoms with Crippen LogP contribution in [0, 0.1) is 6.92 Å². The number of rotatable bonds is 6. The second-order valence-corrected chi connectivity index (χ2v) is 5.63. The highest BCUT2D eigenvalue weighted by Crippen LogP contribution is 2.20. The van der Waals surface area contributed by atoms with Crippen LogP contribution in [0.25, 0.3) is 0 Å². The second-order valence-electron chi connectivity index (χ2n) is 5.63. The maximum Gasteiger partial charge on any atom is 0.338 e. The van der Waals surface area contributed by atoms with Gasteiger partial charge in [-0.3, -0.25) is 0 Å². The van der Waals surface area contributed by atoms with Crippen molar-refractivity contribution in [1.29, 1.82) is 0 Å². The van der Waals surface area contributed by atoms with Gasteiger partial charge in [0.2, 0.25) is 5.95 Å². The minimum atomic E-state index is -0.334. The average molecular weight is 348 g/mol. The van der Waals surface area contributed by atoms with Crippen LogP contribution in [0.2, 0.25) is 0 Å². The van der Waals surface area contributed by atoms with E-state index in [0.29, 0.717) is 23.9 Å². The van der Waals surface area contributed by atoms with E-state index < -0.39 is 0 Å². The molecule has 0 radical (unpaired) electrons. The molecule has 0 fully saturated rings. The molecule has 0 aliphatic heterocycles. The van der Waals surface area contributed by atoms with Gasteiger partial charge in [-0.15, -0.1) is 0 Å². The van der Waals surface area contributed by atoms with Crippen LogP contribution < -0.4 is 10.6 Å². The van der Waals surface area contributed by atoms with Gasteiger partial charge in [-0.05, 0) is 55.8 Å². The summed E-state index contributed by atoms with van der Waals surface area (Å²) in [6.45, 7) is 4.17. The summed E-state index contributed by atoms with van der Waals surface area (Å²) in [5.41, 5.74) is 3.42. The predicted molar refractivity (Wildman–Crippen MR) is 102 cm³/mol. The van der Waals surface area contributed by atoms with Crippen molar-refractivity contribution in [2.75, 3.05) is 17.2 Å².